The minimum absolute atomic E-state index is 0.0273. The van der Waals surface area contributed by atoms with Gasteiger partial charge in [-0.1, -0.05) is 53.5 Å². The average molecular weight is 465 g/mol. The van der Waals surface area contributed by atoms with Gasteiger partial charge in [0.15, 0.2) is 6.61 Å². The summed E-state index contributed by atoms with van der Waals surface area (Å²) in [6.45, 7) is 0.220. The number of carbonyl (C=O) groups excluding carboxylic acids is 1. The number of anilines is 1. The Morgan fingerprint density at radius 2 is 1.53 bits per heavy atom. The molecule has 0 saturated carbocycles. The maximum Gasteiger partial charge on any atom is 0.261 e. The molecule has 0 aliphatic heterocycles. The van der Waals surface area contributed by atoms with Crippen molar-refractivity contribution in [3.8, 4) is 5.75 Å². The maximum atomic E-state index is 12.5. The summed E-state index contributed by atoms with van der Waals surface area (Å²) in [5.41, 5.74) is 1.23. The average Bonchev–Trinajstić information content (AvgIpc) is 2.70. The molecule has 0 fully saturated rings. The fourth-order valence-corrected chi connectivity index (χ4v) is 4.10. The summed E-state index contributed by atoms with van der Waals surface area (Å²) in [7, 11) is -3.84. The highest BCUT2D eigenvalue weighted by molar-refractivity contribution is 7.92. The van der Waals surface area contributed by atoms with Crippen molar-refractivity contribution in [3.05, 3.63) is 88.4 Å². The molecule has 0 aliphatic carbocycles. The van der Waals surface area contributed by atoms with Crippen LogP contribution in [0.15, 0.2) is 77.7 Å². The zero-order chi connectivity index (χ0) is 21.6. The highest BCUT2D eigenvalue weighted by atomic mass is 35.5. The molecule has 3 rings (SSSR count). The molecule has 0 aromatic heterocycles. The summed E-state index contributed by atoms with van der Waals surface area (Å²) in [5, 5.41) is 3.38. The van der Waals surface area contributed by atoms with Gasteiger partial charge < -0.3 is 10.1 Å². The molecule has 0 radical (unpaired) electrons. The van der Waals surface area contributed by atoms with Crippen molar-refractivity contribution in [1.82, 2.24) is 5.32 Å². The second kappa shape index (κ2) is 9.84. The van der Waals surface area contributed by atoms with E-state index in [0.717, 1.165) is 5.56 Å². The Bertz CT molecular complexity index is 1100. The van der Waals surface area contributed by atoms with E-state index in [1.54, 1.807) is 0 Å². The van der Waals surface area contributed by atoms with E-state index in [-0.39, 0.29) is 23.1 Å². The van der Waals surface area contributed by atoms with Gasteiger partial charge in [-0.15, -0.1) is 0 Å². The number of rotatable bonds is 8. The third-order valence-corrected chi connectivity index (χ3v) is 5.78. The topological polar surface area (TPSA) is 84.5 Å². The number of hydrogen-bond donors (Lipinski definition) is 2. The summed E-state index contributed by atoms with van der Waals surface area (Å²) >= 11 is 11.8. The van der Waals surface area contributed by atoms with E-state index in [9.17, 15) is 13.2 Å². The van der Waals surface area contributed by atoms with Gasteiger partial charge in [0.2, 0.25) is 0 Å². The lowest BCUT2D eigenvalue weighted by atomic mass is 10.2. The molecular formula is C21H18Cl2N2O4S. The monoisotopic (exact) mass is 464 g/mol. The van der Waals surface area contributed by atoms with Crippen LogP contribution in [-0.2, 0) is 21.4 Å². The van der Waals surface area contributed by atoms with Gasteiger partial charge in [-0.3, -0.25) is 9.52 Å². The largest absolute Gasteiger partial charge is 0.484 e. The Balaban J connectivity index is 1.55. The molecule has 9 heteroatoms. The van der Waals surface area contributed by atoms with Crippen LogP contribution in [0.2, 0.25) is 10.0 Å². The Labute approximate surface area is 184 Å². The summed E-state index contributed by atoms with van der Waals surface area (Å²) in [6, 6.07) is 19.6. The fourth-order valence-electron chi connectivity index (χ4n) is 2.54. The molecule has 3 aromatic rings. The molecular weight excluding hydrogens is 447 g/mol. The number of halogens is 2. The Hall–Kier alpha value is -2.74. The van der Waals surface area contributed by atoms with E-state index in [1.165, 1.54) is 42.5 Å². The molecule has 0 unspecified atom stereocenters. The zero-order valence-corrected chi connectivity index (χ0v) is 18.0. The standard InChI is InChI=1S/C21H18Cl2N2O4S/c22-16-10-17(23)12-18(11-16)25-30(27,28)20-8-6-19(7-9-20)29-14-21(26)24-13-15-4-2-1-3-5-15/h1-12,25H,13-14H2,(H,24,26). The minimum Gasteiger partial charge on any atom is -0.484 e. The van der Waals surface area contributed by atoms with Crippen molar-refractivity contribution in [2.75, 3.05) is 11.3 Å². The molecule has 0 saturated heterocycles. The highest BCUT2D eigenvalue weighted by Crippen LogP contribution is 2.25. The fraction of sp³-hybridized carbons (Fsp3) is 0.0952. The predicted octanol–water partition coefficient (Wildman–Crippen LogP) is 4.49. The highest BCUT2D eigenvalue weighted by Gasteiger charge is 2.15. The van der Waals surface area contributed by atoms with E-state index < -0.39 is 10.0 Å². The molecule has 0 aliphatic rings. The van der Waals surface area contributed by atoms with Crippen molar-refractivity contribution in [1.29, 1.82) is 0 Å². The quantitative estimate of drug-likeness (QED) is 0.514. The smallest absolute Gasteiger partial charge is 0.261 e. The van der Waals surface area contributed by atoms with E-state index >= 15 is 0 Å². The first-order valence-corrected chi connectivity index (χ1v) is 11.1. The van der Waals surface area contributed by atoms with Crippen molar-refractivity contribution in [2.24, 2.45) is 0 Å². The van der Waals surface area contributed by atoms with Crippen molar-refractivity contribution in [2.45, 2.75) is 11.4 Å². The molecule has 0 atom stereocenters. The van der Waals surface area contributed by atoms with Crippen LogP contribution in [0.5, 0.6) is 5.75 Å². The molecule has 0 heterocycles. The number of amides is 1. The van der Waals surface area contributed by atoms with Gasteiger partial charge >= 0.3 is 0 Å². The van der Waals surface area contributed by atoms with Gasteiger partial charge in [0.25, 0.3) is 15.9 Å². The number of carbonyl (C=O) groups is 1. The predicted molar refractivity (Wildman–Crippen MR) is 117 cm³/mol. The lowest BCUT2D eigenvalue weighted by Crippen LogP contribution is -2.28. The SMILES string of the molecule is O=C(COc1ccc(S(=O)(=O)Nc2cc(Cl)cc(Cl)c2)cc1)NCc1ccccc1. The Kier molecular flexibility index (Phi) is 7.20. The van der Waals surface area contributed by atoms with Gasteiger partial charge in [-0.25, -0.2) is 8.42 Å². The van der Waals surface area contributed by atoms with Gasteiger partial charge in [0, 0.05) is 16.6 Å². The van der Waals surface area contributed by atoms with E-state index in [2.05, 4.69) is 10.0 Å². The number of ether oxygens (including phenoxy) is 1. The maximum absolute atomic E-state index is 12.5. The number of benzene rings is 3. The molecule has 1 amide bonds. The summed E-state index contributed by atoms with van der Waals surface area (Å²) in [5.74, 6) is 0.0877. The lowest BCUT2D eigenvalue weighted by Gasteiger charge is -2.10. The first-order chi connectivity index (χ1) is 14.3. The Morgan fingerprint density at radius 3 is 2.17 bits per heavy atom. The minimum atomic E-state index is -3.84. The summed E-state index contributed by atoms with van der Waals surface area (Å²) < 4.78 is 32.9. The van der Waals surface area contributed by atoms with Crippen LogP contribution in [0.3, 0.4) is 0 Å². The second-order valence-corrected chi connectivity index (χ2v) is 8.84. The molecule has 0 spiro atoms. The van der Waals surface area contributed by atoms with Gasteiger partial charge in [0.05, 0.1) is 10.6 Å². The molecule has 2 N–H and O–H groups in total. The van der Waals surface area contributed by atoms with Crippen molar-refractivity contribution < 1.29 is 17.9 Å². The van der Waals surface area contributed by atoms with E-state index in [0.29, 0.717) is 22.3 Å². The van der Waals surface area contributed by atoms with E-state index in [1.807, 2.05) is 30.3 Å². The first kappa shape index (κ1) is 22.0. The van der Waals surface area contributed by atoms with Crippen LogP contribution in [-0.4, -0.2) is 20.9 Å². The van der Waals surface area contributed by atoms with Crippen LogP contribution in [0, 0.1) is 0 Å². The number of nitrogens with one attached hydrogen (secondary N) is 2. The summed E-state index contributed by atoms with van der Waals surface area (Å²) in [6.07, 6.45) is 0. The molecule has 6 nitrogen and oxygen atoms in total. The normalized spacial score (nSPS) is 11.0. The number of hydrogen-bond acceptors (Lipinski definition) is 4. The molecule has 3 aromatic carbocycles. The number of sulfonamides is 1. The Morgan fingerprint density at radius 1 is 0.900 bits per heavy atom. The van der Waals surface area contributed by atoms with Crippen LogP contribution in [0.4, 0.5) is 5.69 Å². The van der Waals surface area contributed by atoms with Crippen LogP contribution >= 0.6 is 23.2 Å². The first-order valence-electron chi connectivity index (χ1n) is 8.84. The second-order valence-electron chi connectivity index (χ2n) is 6.29. The molecule has 30 heavy (non-hydrogen) atoms. The molecule has 0 bridgehead atoms. The van der Waals surface area contributed by atoms with Gasteiger partial charge in [-0.05, 0) is 48.0 Å². The van der Waals surface area contributed by atoms with Crippen molar-refractivity contribution >= 4 is 44.8 Å². The van der Waals surface area contributed by atoms with Crippen molar-refractivity contribution in [3.63, 3.8) is 0 Å². The van der Waals surface area contributed by atoms with Crippen LogP contribution in [0.25, 0.3) is 0 Å². The lowest BCUT2D eigenvalue weighted by molar-refractivity contribution is -0.123. The van der Waals surface area contributed by atoms with Gasteiger partial charge in [-0.2, -0.15) is 0 Å². The summed E-state index contributed by atoms with van der Waals surface area (Å²) in [4.78, 5) is 11.9. The third-order valence-electron chi connectivity index (χ3n) is 3.95. The van der Waals surface area contributed by atoms with Crippen LogP contribution in [0.1, 0.15) is 5.56 Å². The molecule has 156 valence electrons. The zero-order valence-electron chi connectivity index (χ0n) is 15.6. The van der Waals surface area contributed by atoms with Gasteiger partial charge in [0.1, 0.15) is 5.75 Å². The van der Waals surface area contributed by atoms with Crippen LogP contribution < -0.4 is 14.8 Å². The third kappa shape index (κ3) is 6.38. The van der Waals surface area contributed by atoms with E-state index in [4.69, 9.17) is 27.9 Å².